The quantitative estimate of drug-likeness (QED) is 0.618. The molecule has 2 aromatic carbocycles. The Bertz CT molecular complexity index is 421. The summed E-state index contributed by atoms with van der Waals surface area (Å²) in [5.41, 5.74) is 0. The smallest absolute Gasteiger partial charge is 0.494 e. The molecule has 0 aliphatic carbocycles. The van der Waals surface area contributed by atoms with Crippen LogP contribution < -0.4 is 8.85 Å². The van der Waals surface area contributed by atoms with Gasteiger partial charge in [-0.05, 0) is 39.6 Å². The molecule has 0 radical (unpaired) electrons. The molecule has 0 amide bonds. The summed E-state index contributed by atoms with van der Waals surface area (Å²) in [5, 5.41) is 0. The van der Waals surface area contributed by atoms with Crippen LogP contribution in [0.15, 0.2) is 60.7 Å². The van der Waals surface area contributed by atoms with Gasteiger partial charge in [0.15, 0.2) is 0 Å². The van der Waals surface area contributed by atoms with E-state index in [1.165, 1.54) is 0 Å². The topological polar surface area (TPSA) is 18.5 Å². The Kier molecular flexibility index (Phi) is 4.09. The Morgan fingerprint density at radius 3 is 1.47 bits per heavy atom. The molecule has 0 bridgehead atoms. The number of hydrogen-bond acceptors (Lipinski definition) is 2. The molecule has 0 aromatic heterocycles. The van der Waals surface area contributed by atoms with Crippen LogP contribution in [0.4, 0.5) is 0 Å². The van der Waals surface area contributed by atoms with Gasteiger partial charge in [0.2, 0.25) is 0 Å². The lowest BCUT2D eigenvalue weighted by molar-refractivity contribution is 0.440. The molecule has 2 aromatic rings. The van der Waals surface area contributed by atoms with Crippen molar-refractivity contribution in [2.75, 3.05) is 0 Å². The van der Waals surface area contributed by atoms with Gasteiger partial charge in [-0.15, -0.1) is 0 Å². The van der Waals surface area contributed by atoms with Crippen molar-refractivity contribution in [1.82, 2.24) is 0 Å². The zero-order valence-electron chi connectivity index (χ0n) is 8.85. The summed E-state index contributed by atoms with van der Waals surface area (Å²) < 4.78 is 11.2. The average Bonchev–Trinajstić information content (AvgIpc) is 2.30. The zero-order chi connectivity index (χ0) is 12.1. The molecule has 0 N–H and O–H groups in total. The standard InChI is InChI=1S/C12H10BrClO2Si/c13-17(14,15-11-7-3-1-4-8-11)16-12-9-5-2-6-10-12/h1-10H. The second kappa shape index (κ2) is 5.58. The minimum atomic E-state index is -2.90. The number of rotatable bonds is 4. The van der Waals surface area contributed by atoms with E-state index in [4.69, 9.17) is 19.9 Å². The van der Waals surface area contributed by atoms with Crippen molar-refractivity contribution in [2.24, 2.45) is 0 Å². The SMILES string of the molecule is Cl[Si](Br)(Oc1ccccc1)Oc1ccccc1. The molecule has 0 atom stereocenters. The average molecular weight is 330 g/mol. The lowest BCUT2D eigenvalue weighted by atomic mass is 10.3. The van der Waals surface area contributed by atoms with Gasteiger partial charge in [-0.3, -0.25) is 0 Å². The van der Waals surface area contributed by atoms with Crippen LogP contribution in [0.1, 0.15) is 0 Å². The van der Waals surface area contributed by atoms with Crippen molar-refractivity contribution in [1.29, 1.82) is 0 Å². The highest BCUT2D eigenvalue weighted by Gasteiger charge is 2.38. The zero-order valence-corrected chi connectivity index (χ0v) is 12.2. The van der Waals surface area contributed by atoms with Gasteiger partial charge in [-0.25, -0.2) is 0 Å². The summed E-state index contributed by atoms with van der Waals surface area (Å²) >= 11 is 9.53. The van der Waals surface area contributed by atoms with E-state index in [1.807, 2.05) is 60.7 Å². The van der Waals surface area contributed by atoms with E-state index in [0.29, 0.717) is 11.5 Å². The summed E-state index contributed by atoms with van der Waals surface area (Å²) in [6.45, 7) is -2.90. The first-order valence-electron chi connectivity index (χ1n) is 5.02. The summed E-state index contributed by atoms with van der Waals surface area (Å²) in [6.07, 6.45) is 0. The largest absolute Gasteiger partial charge is 0.647 e. The Balaban J connectivity index is 2.04. The molecule has 0 saturated heterocycles. The van der Waals surface area contributed by atoms with E-state index in [0.717, 1.165) is 0 Å². The van der Waals surface area contributed by atoms with Gasteiger partial charge in [0, 0.05) is 0 Å². The Labute approximate surface area is 114 Å². The van der Waals surface area contributed by atoms with Crippen molar-refractivity contribution in [3.8, 4) is 11.5 Å². The van der Waals surface area contributed by atoms with Crippen LogP contribution >= 0.6 is 26.4 Å². The van der Waals surface area contributed by atoms with Gasteiger partial charge in [0.1, 0.15) is 11.5 Å². The number of hydrogen-bond donors (Lipinski definition) is 0. The third-order valence-electron chi connectivity index (χ3n) is 1.96. The van der Waals surface area contributed by atoms with Crippen LogP contribution in [0.3, 0.4) is 0 Å². The van der Waals surface area contributed by atoms with E-state index in [2.05, 4.69) is 15.3 Å². The maximum atomic E-state index is 6.22. The highest BCUT2D eigenvalue weighted by Crippen LogP contribution is 2.26. The third-order valence-corrected chi connectivity index (χ3v) is 4.34. The third kappa shape index (κ3) is 4.07. The molecule has 5 heteroatoms. The number of halogens is 2. The van der Waals surface area contributed by atoms with Crippen molar-refractivity contribution in [3.05, 3.63) is 60.7 Å². The van der Waals surface area contributed by atoms with E-state index >= 15 is 0 Å². The highest BCUT2D eigenvalue weighted by atomic mass is 79.9. The maximum absolute atomic E-state index is 6.22. The van der Waals surface area contributed by atoms with Crippen LogP contribution in [0.5, 0.6) is 11.5 Å². The Morgan fingerprint density at radius 2 is 1.12 bits per heavy atom. The molecule has 0 heterocycles. The minimum Gasteiger partial charge on any atom is -0.494 e. The van der Waals surface area contributed by atoms with Crippen LogP contribution in [-0.4, -0.2) is 6.49 Å². The molecule has 0 saturated carbocycles. The Morgan fingerprint density at radius 1 is 0.765 bits per heavy atom. The first-order valence-corrected chi connectivity index (χ1v) is 10.1. The molecule has 17 heavy (non-hydrogen) atoms. The molecule has 88 valence electrons. The van der Waals surface area contributed by atoms with Crippen LogP contribution in [0, 0.1) is 0 Å². The summed E-state index contributed by atoms with van der Waals surface area (Å²) in [4.78, 5) is 0. The van der Waals surface area contributed by atoms with Gasteiger partial charge in [-0.1, -0.05) is 47.5 Å². The van der Waals surface area contributed by atoms with Crippen molar-refractivity contribution in [2.45, 2.75) is 0 Å². The van der Waals surface area contributed by atoms with Gasteiger partial charge in [-0.2, -0.15) is 0 Å². The summed E-state index contributed by atoms with van der Waals surface area (Å²) in [5.74, 6) is 1.36. The number of benzene rings is 2. The lowest BCUT2D eigenvalue weighted by Crippen LogP contribution is -2.35. The Hall–Kier alpha value is -0.973. The second-order valence-corrected chi connectivity index (χ2v) is 10.6. The predicted molar refractivity (Wildman–Crippen MR) is 74.7 cm³/mol. The van der Waals surface area contributed by atoms with E-state index in [9.17, 15) is 0 Å². The molecular weight excluding hydrogens is 320 g/mol. The molecular formula is C12H10BrClO2Si. The molecule has 0 aliphatic rings. The van der Waals surface area contributed by atoms with Gasteiger partial charge >= 0.3 is 6.49 Å². The monoisotopic (exact) mass is 328 g/mol. The van der Waals surface area contributed by atoms with Crippen LogP contribution in [-0.2, 0) is 0 Å². The van der Waals surface area contributed by atoms with Crippen molar-refractivity contribution >= 4 is 32.9 Å². The van der Waals surface area contributed by atoms with Gasteiger partial charge in [0.05, 0.1) is 0 Å². The second-order valence-electron chi connectivity index (χ2n) is 3.29. The number of para-hydroxylation sites is 2. The first kappa shape index (κ1) is 12.5. The van der Waals surface area contributed by atoms with Gasteiger partial charge < -0.3 is 8.85 Å². The van der Waals surface area contributed by atoms with Crippen LogP contribution in [0.2, 0.25) is 0 Å². The maximum Gasteiger partial charge on any atom is 0.647 e. The fourth-order valence-electron chi connectivity index (χ4n) is 1.27. The lowest BCUT2D eigenvalue weighted by Gasteiger charge is -2.19. The molecule has 0 fully saturated rings. The van der Waals surface area contributed by atoms with E-state index in [-0.39, 0.29) is 0 Å². The van der Waals surface area contributed by atoms with Crippen molar-refractivity contribution < 1.29 is 8.85 Å². The molecule has 0 unspecified atom stereocenters. The predicted octanol–water partition coefficient (Wildman–Crippen LogP) is 4.21. The van der Waals surface area contributed by atoms with Gasteiger partial charge in [0.25, 0.3) is 0 Å². The normalized spacial score (nSPS) is 10.9. The van der Waals surface area contributed by atoms with E-state index < -0.39 is 6.49 Å². The molecule has 0 spiro atoms. The van der Waals surface area contributed by atoms with E-state index in [1.54, 1.807) is 0 Å². The van der Waals surface area contributed by atoms with Crippen molar-refractivity contribution in [3.63, 3.8) is 0 Å². The molecule has 2 nitrogen and oxygen atoms in total. The molecule has 0 aliphatic heterocycles. The summed E-state index contributed by atoms with van der Waals surface area (Å²) in [7, 11) is 0. The highest BCUT2D eigenvalue weighted by molar-refractivity contribution is 9.26. The van der Waals surface area contributed by atoms with Crippen LogP contribution in [0.25, 0.3) is 0 Å². The fourth-order valence-corrected chi connectivity index (χ4v) is 3.79. The molecule has 2 rings (SSSR count). The fraction of sp³-hybridized carbons (Fsp3) is 0. The summed E-state index contributed by atoms with van der Waals surface area (Å²) in [6, 6.07) is 18.7. The first-order chi connectivity index (χ1) is 8.16. The minimum absolute atomic E-state index is 0.682.